The number of aliphatic imine (C=N–C) groups is 1. The van der Waals surface area contributed by atoms with Crippen molar-refractivity contribution in [3.63, 3.8) is 0 Å². The summed E-state index contributed by atoms with van der Waals surface area (Å²) in [4.78, 5) is 4.48. The molecule has 1 aromatic heterocycles. The molecular formula is C15H28IN5O. The monoisotopic (exact) mass is 421 g/mol. The summed E-state index contributed by atoms with van der Waals surface area (Å²) in [5.41, 5.74) is 7.01. The molecule has 2 atom stereocenters. The van der Waals surface area contributed by atoms with Gasteiger partial charge in [0, 0.05) is 37.4 Å². The fourth-order valence-electron chi connectivity index (χ4n) is 2.64. The average Bonchev–Trinajstić information content (AvgIpc) is 3.02. The maximum Gasteiger partial charge on any atom is 0.188 e. The lowest BCUT2D eigenvalue weighted by atomic mass is 9.99. The molecule has 0 amide bonds. The standard InChI is InChI=1S/C15H27N5O.HI/c1-5-20-12(6-8-18-20)13-11(7-9-21-13)10-17-14(16)19-15(2,3)4;/h6,8,11,13H,5,7,9-10H2,1-4H3,(H3,16,17,19);1H/t11-,13+;/m0./s1. The smallest absolute Gasteiger partial charge is 0.188 e. The van der Waals surface area contributed by atoms with Crippen LogP contribution in [0.5, 0.6) is 0 Å². The molecule has 126 valence electrons. The van der Waals surface area contributed by atoms with E-state index in [-0.39, 0.29) is 35.6 Å². The van der Waals surface area contributed by atoms with Gasteiger partial charge in [0.25, 0.3) is 0 Å². The number of ether oxygens (including phenoxy) is 1. The number of nitrogens with zero attached hydrogens (tertiary/aromatic N) is 3. The Labute approximate surface area is 149 Å². The highest BCUT2D eigenvalue weighted by Gasteiger charge is 2.31. The maximum absolute atomic E-state index is 5.94. The number of halogens is 1. The largest absolute Gasteiger partial charge is 0.372 e. The molecule has 1 saturated heterocycles. The van der Waals surface area contributed by atoms with Crippen LogP contribution >= 0.6 is 24.0 Å². The Morgan fingerprint density at radius 3 is 2.91 bits per heavy atom. The fourth-order valence-corrected chi connectivity index (χ4v) is 2.64. The first-order chi connectivity index (χ1) is 9.90. The number of aryl methyl sites for hydroxylation is 1. The molecular weight excluding hydrogens is 393 g/mol. The van der Waals surface area contributed by atoms with Crippen LogP contribution in [0.1, 0.15) is 45.9 Å². The van der Waals surface area contributed by atoms with Gasteiger partial charge in [0.1, 0.15) is 6.10 Å². The molecule has 1 aromatic rings. The predicted molar refractivity (Wildman–Crippen MR) is 99.5 cm³/mol. The molecule has 1 aliphatic heterocycles. The number of hydrogen-bond acceptors (Lipinski definition) is 3. The van der Waals surface area contributed by atoms with Gasteiger partial charge in [-0.1, -0.05) is 0 Å². The minimum atomic E-state index is -0.0695. The van der Waals surface area contributed by atoms with Crippen LogP contribution in [0.25, 0.3) is 0 Å². The van der Waals surface area contributed by atoms with E-state index < -0.39 is 0 Å². The first-order valence-corrected chi connectivity index (χ1v) is 7.62. The summed E-state index contributed by atoms with van der Waals surface area (Å²) in [5, 5.41) is 7.51. The Morgan fingerprint density at radius 1 is 1.55 bits per heavy atom. The Kier molecular flexibility index (Phi) is 7.11. The van der Waals surface area contributed by atoms with Gasteiger partial charge < -0.3 is 15.8 Å². The van der Waals surface area contributed by atoms with Gasteiger partial charge in [0.2, 0.25) is 0 Å². The Bertz CT molecular complexity index is 494. The van der Waals surface area contributed by atoms with Crippen LogP contribution in [0, 0.1) is 5.92 Å². The lowest BCUT2D eigenvalue weighted by Crippen LogP contribution is -2.45. The van der Waals surface area contributed by atoms with Crippen molar-refractivity contribution in [1.29, 1.82) is 0 Å². The van der Waals surface area contributed by atoms with Gasteiger partial charge >= 0.3 is 0 Å². The minimum absolute atomic E-state index is 0. The molecule has 0 aliphatic carbocycles. The quantitative estimate of drug-likeness (QED) is 0.445. The second-order valence-electron chi connectivity index (χ2n) is 6.51. The van der Waals surface area contributed by atoms with Crippen LogP contribution in [0.3, 0.4) is 0 Å². The Balaban J connectivity index is 0.00000242. The van der Waals surface area contributed by atoms with E-state index >= 15 is 0 Å². The van der Waals surface area contributed by atoms with Gasteiger partial charge in [-0.05, 0) is 40.2 Å². The summed E-state index contributed by atoms with van der Waals surface area (Å²) >= 11 is 0. The zero-order valence-electron chi connectivity index (χ0n) is 13.9. The molecule has 2 rings (SSSR count). The average molecular weight is 421 g/mol. The van der Waals surface area contributed by atoms with Crippen molar-refractivity contribution in [2.45, 2.75) is 52.3 Å². The number of hydrogen-bond donors (Lipinski definition) is 2. The normalized spacial score (nSPS) is 22.5. The molecule has 6 nitrogen and oxygen atoms in total. The van der Waals surface area contributed by atoms with E-state index in [2.05, 4.69) is 43.1 Å². The number of rotatable bonds is 4. The van der Waals surface area contributed by atoms with Crippen molar-refractivity contribution in [3.8, 4) is 0 Å². The summed E-state index contributed by atoms with van der Waals surface area (Å²) in [6, 6.07) is 2.03. The highest BCUT2D eigenvalue weighted by atomic mass is 127. The van der Waals surface area contributed by atoms with Crippen molar-refractivity contribution in [1.82, 2.24) is 15.1 Å². The third kappa shape index (κ3) is 5.12. The van der Waals surface area contributed by atoms with E-state index in [9.17, 15) is 0 Å². The third-order valence-electron chi connectivity index (χ3n) is 3.55. The van der Waals surface area contributed by atoms with Crippen LogP contribution in [-0.4, -0.2) is 34.4 Å². The Morgan fingerprint density at radius 2 is 2.27 bits per heavy atom. The molecule has 0 unspecified atom stereocenters. The SMILES string of the molecule is CCn1nccc1[C@@H]1OCC[C@H]1CN=C(N)NC(C)(C)C.I. The van der Waals surface area contributed by atoms with Crippen molar-refractivity contribution in [2.75, 3.05) is 13.2 Å². The number of nitrogens with two attached hydrogens (primary N) is 1. The van der Waals surface area contributed by atoms with Gasteiger partial charge in [-0.3, -0.25) is 9.67 Å². The first kappa shape index (κ1) is 19.2. The highest BCUT2D eigenvalue weighted by Crippen LogP contribution is 2.34. The molecule has 22 heavy (non-hydrogen) atoms. The van der Waals surface area contributed by atoms with Gasteiger partial charge in [-0.25, -0.2) is 0 Å². The molecule has 0 spiro atoms. The topological polar surface area (TPSA) is 77.5 Å². The van der Waals surface area contributed by atoms with E-state index in [0.29, 0.717) is 18.4 Å². The molecule has 7 heteroatoms. The minimum Gasteiger partial charge on any atom is -0.372 e. The van der Waals surface area contributed by atoms with Crippen LogP contribution in [0.15, 0.2) is 17.3 Å². The summed E-state index contributed by atoms with van der Waals surface area (Å²) < 4.78 is 7.88. The van der Waals surface area contributed by atoms with Crippen molar-refractivity contribution in [3.05, 3.63) is 18.0 Å². The summed E-state index contributed by atoms with van der Waals surface area (Å²) in [5.74, 6) is 0.851. The highest BCUT2D eigenvalue weighted by molar-refractivity contribution is 14.0. The van der Waals surface area contributed by atoms with Crippen LogP contribution in [0.4, 0.5) is 0 Å². The van der Waals surface area contributed by atoms with E-state index in [4.69, 9.17) is 10.5 Å². The van der Waals surface area contributed by atoms with Gasteiger partial charge in [-0.2, -0.15) is 5.10 Å². The lowest BCUT2D eigenvalue weighted by molar-refractivity contribution is 0.0851. The van der Waals surface area contributed by atoms with Crippen molar-refractivity contribution < 1.29 is 4.74 Å². The lowest BCUT2D eigenvalue weighted by Gasteiger charge is -2.22. The van der Waals surface area contributed by atoms with E-state index in [1.807, 2.05) is 16.9 Å². The zero-order chi connectivity index (χ0) is 15.5. The molecule has 3 N–H and O–H groups in total. The van der Waals surface area contributed by atoms with Gasteiger partial charge in [-0.15, -0.1) is 24.0 Å². The van der Waals surface area contributed by atoms with Gasteiger partial charge in [0.05, 0.1) is 5.69 Å². The first-order valence-electron chi connectivity index (χ1n) is 7.62. The fraction of sp³-hybridized carbons (Fsp3) is 0.733. The molecule has 0 saturated carbocycles. The maximum atomic E-state index is 5.94. The van der Waals surface area contributed by atoms with E-state index in [0.717, 1.165) is 25.3 Å². The van der Waals surface area contributed by atoms with Crippen molar-refractivity contribution in [2.24, 2.45) is 16.6 Å². The summed E-state index contributed by atoms with van der Waals surface area (Å²) in [6.45, 7) is 10.6. The number of guanidine groups is 1. The molecule has 0 bridgehead atoms. The molecule has 0 radical (unpaired) electrons. The van der Waals surface area contributed by atoms with E-state index in [1.165, 1.54) is 0 Å². The predicted octanol–water partition coefficient (Wildman–Crippen LogP) is 2.30. The zero-order valence-corrected chi connectivity index (χ0v) is 16.2. The Hall–Kier alpha value is -0.830. The molecule has 1 aliphatic rings. The molecule has 2 heterocycles. The second-order valence-corrected chi connectivity index (χ2v) is 6.51. The van der Waals surface area contributed by atoms with Crippen molar-refractivity contribution >= 4 is 29.9 Å². The third-order valence-corrected chi connectivity index (χ3v) is 3.55. The van der Waals surface area contributed by atoms with Crippen LogP contribution in [-0.2, 0) is 11.3 Å². The van der Waals surface area contributed by atoms with E-state index in [1.54, 1.807) is 0 Å². The molecule has 1 fully saturated rings. The molecule has 0 aromatic carbocycles. The number of nitrogens with one attached hydrogen (secondary N) is 1. The second kappa shape index (κ2) is 8.14. The summed E-state index contributed by atoms with van der Waals surface area (Å²) in [7, 11) is 0. The van der Waals surface area contributed by atoms with Crippen LogP contribution in [0.2, 0.25) is 0 Å². The van der Waals surface area contributed by atoms with Crippen LogP contribution < -0.4 is 11.1 Å². The van der Waals surface area contributed by atoms with Gasteiger partial charge in [0.15, 0.2) is 5.96 Å². The number of aromatic nitrogens is 2. The summed E-state index contributed by atoms with van der Waals surface area (Å²) in [6.07, 6.45) is 2.90.